The maximum Gasteiger partial charge on any atom is 0.319 e. The molecule has 0 bridgehead atoms. The number of rotatable bonds is 7. The number of nitrogens with zero attached hydrogens (tertiary/aromatic N) is 1. The van der Waals surface area contributed by atoms with Crippen LogP contribution >= 0.6 is 11.6 Å². The van der Waals surface area contributed by atoms with Crippen molar-refractivity contribution in [1.29, 1.82) is 0 Å². The van der Waals surface area contributed by atoms with Crippen molar-refractivity contribution in [2.24, 2.45) is 0 Å². The van der Waals surface area contributed by atoms with Crippen molar-refractivity contribution < 1.29 is 9.59 Å². The monoisotopic (exact) mass is 468 g/mol. The minimum Gasteiger partial charge on any atom is -0.351 e. The highest BCUT2D eigenvalue weighted by Gasteiger charge is 2.29. The molecule has 2 aromatic carbocycles. The van der Waals surface area contributed by atoms with Crippen molar-refractivity contribution >= 4 is 29.2 Å². The number of hydrogen-bond donors (Lipinski definition) is 3. The zero-order chi connectivity index (χ0) is 23.0. The highest BCUT2D eigenvalue weighted by molar-refractivity contribution is 6.30. The molecule has 3 N–H and O–H groups in total. The summed E-state index contributed by atoms with van der Waals surface area (Å²) in [7, 11) is 0. The Morgan fingerprint density at radius 3 is 2.27 bits per heavy atom. The molecule has 0 radical (unpaired) electrons. The van der Waals surface area contributed by atoms with Gasteiger partial charge in [-0.1, -0.05) is 54.8 Å². The molecule has 2 fully saturated rings. The number of halogens is 1. The molecule has 1 aliphatic carbocycles. The van der Waals surface area contributed by atoms with E-state index in [1.807, 2.05) is 30.3 Å². The van der Waals surface area contributed by atoms with Crippen molar-refractivity contribution in [1.82, 2.24) is 15.5 Å². The standard InChI is InChI=1S/C26H33ClN4O2/c27-20-10-12-21(13-11-20)29-26(33)30-24(18-19-6-2-1-3-7-19)25(32)28-22-14-16-31(17-15-22)23-8-4-5-9-23/h1-3,6-7,10-13,22-24H,4-5,8-9,14-18H2,(H,28,32)(H2,29,30,33)/t24-/m0/s1. The van der Waals surface area contributed by atoms with Crippen molar-refractivity contribution in [2.75, 3.05) is 18.4 Å². The van der Waals surface area contributed by atoms with Gasteiger partial charge in [0.15, 0.2) is 0 Å². The number of benzene rings is 2. The third kappa shape index (κ3) is 6.95. The fourth-order valence-electron chi connectivity index (χ4n) is 4.90. The number of hydrogen-bond acceptors (Lipinski definition) is 3. The Kier molecular flexibility index (Phi) is 8.24. The van der Waals surface area contributed by atoms with Crippen LogP contribution < -0.4 is 16.0 Å². The fraction of sp³-hybridized carbons (Fsp3) is 0.462. The quantitative estimate of drug-likeness (QED) is 0.556. The van der Waals surface area contributed by atoms with Gasteiger partial charge in [-0.25, -0.2) is 4.79 Å². The molecule has 1 heterocycles. The molecule has 1 saturated heterocycles. The van der Waals surface area contributed by atoms with E-state index in [9.17, 15) is 9.59 Å². The molecule has 0 aromatic heterocycles. The third-order valence-electron chi connectivity index (χ3n) is 6.72. The number of carbonyl (C=O) groups excluding carboxylic acids is 2. The van der Waals surface area contributed by atoms with E-state index in [-0.39, 0.29) is 11.9 Å². The van der Waals surface area contributed by atoms with Gasteiger partial charge >= 0.3 is 6.03 Å². The molecule has 0 spiro atoms. The highest BCUT2D eigenvalue weighted by atomic mass is 35.5. The zero-order valence-corrected chi connectivity index (χ0v) is 19.7. The minimum absolute atomic E-state index is 0.135. The van der Waals surface area contributed by atoms with E-state index in [4.69, 9.17) is 11.6 Å². The molecule has 2 aromatic rings. The Morgan fingerprint density at radius 2 is 1.61 bits per heavy atom. The minimum atomic E-state index is -0.660. The first-order chi connectivity index (χ1) is 16.1. The van der Waals surface area contributed by atoms with Gasteiger partial charge in [-0.05, 0) is 55.5 Å². The molecule has 2 aliphatic rings. The predicted molar refractivity (Wildman–Crippen MR) is 133 cm³/mol. The molecule has 0 unspecified atom stereocenters. The number of amides is 3. The number of nitrogens with one attached hydrogen (secondary N) is 3. The first kappa shape index (κ1) is 23.6. The van der Waals surface area contributed by atoms with Crippen molar-refractivity contribution in [3.63, 3.8) is 0 Å². The van der Waals surface area contributed by atoms with E-state index in [0.29, 0.717) is 17.1 Å². The molecule has 1 atom stereocenters. The summed E-state index contributed by atoms with van der Waals surface area (Å²) >= 11 is 5.92. The summed E-state index contributed by atoms with van der Waals surface area (Å²) in [6, 6.07) is 16.5. The van der Waals surface area contributed by atoms with E-state index in [2.05, 4.69) is 20.9 Å². The lowest BCUT2D eigenvalue weighted by atomic mass is 10.0. The predicted octanol–water partition coefficient (Wildman–Crippen LogP) is 4.60. The van der Waals surface area contributed by atoms with Gasteiger partial charge in [0.05, 0.1) is 0 Å². The van der Waals surface area contributed by atoms with E-state index < -0.39 is 12.1 Å². The summed E-state index contributed by atoms with van der Waals surface area (Å²) in [6.45, 7) is 2.06. The van der Waals surface area contributed by atoms with Gasteiger partial charge in [-0.2, -0.15) is 0 Å². The van der Waals surface area contributed by atoms with Crippen LogP contribution in [0, 0.1) is 0 Å². The summed E-state index contributed by atoms with van der Waals surface area (Å²) in [5, 5.41) is 9.45. The summed E-state index contributed by atoms with van der Waals surface area (Å²) in [6.07, 6.45) is 7.64. The second-order valence-electron chi connectivity index (χ2n) is 9.10. The van der Waals surface area contributed by atoms with Gasteiger partial charge in [0.2, 0.25) is 5.91 Å². The number of anilines is 1. The molecule has 3 amide bonds. The van der Waals surface area contributed by atoms with Crippen molar-refractivity contribution in [2.45, 2.75) is 63.1 Å². The number of piperidine rings is 1. The Labute approximate surface area is 201 Å². The van der Waals surface area contributed by atoms with E-state index in [0.717, 1.165) is 37.5 Å². The number of likely N-dealkylation sites (tertiary alicyclic amines) is 1. The van der Waals surface area contributed by atoms with Crippen molar-refractivity contribution in [3.05, 3.63) is 65.2 Å². The van der Waals surface area contributed by atoms with Gasteiger partial charge in [0, 0.05) is 42.3 Å². The maximum absolute atomic E-state index is 13.2. The lowest BCUT2D eigenvalue weighted by Gasteiger charge is -2.36. The van der Waals surface area contributed by atoms with Crippen LogP contribution in [0.1, 0.15) is 44.1 Å². The zero-order valence-electron chi connectivity index (χ0n) is 18.9. The van der Waals surface area contributed by atoms with Crippen LogP contribution in [0.4, 0.5) is 10.5 Å². The molecule has 6 nitrogen and oxygen atoms in total. The first-order valence-electron chi connectivity index (χ1n) is 12.0. The van der Waals surface area contributed by atoms with Gasteiger partial charge < -0.3 is 20.9 Å². The molecule has 1 aliphatic heterocycles. The normalized spacial score (nSPS) is 18.6. The van der Waals surface area contributed by atoms with E-state index in [1.54, 1.807) is 24.3 Å². The van der Waals surface area contributed by atoms with Crippen LogP contribution in [-0.2, 0) is 11.2 Å². The summed E-state index contributed by atoms with van der Waals surface area (Å²) in [5.41, 5.74) is 1.62. The molecular weight excluding hydrogens is 436 g/mol. The molecule has 1 saturated carbocycles. The van der Waals surface area contributed by atoms with Crippen LogP contribution in [0.2, 0.25) is 5.02 Å². The summed E-state index contributed by atoms with van der Waals surface area (Å²) in [4.78, 5) is 28.4. The lowest BCUT2D eigenvalue weighted by molar-refractivity contribution is -0.124. The number of carbonyl (C=O) groups is 2. The lowest BCUT2D eigenvalue weighted by Crippen LogP contribution is -2.54. The topological polar surface area (TPSA) is 73.5 Å². The van der Waals surface area contributed by atoms with Gasteiger partial charge in [0.25, 0.3) is 0 Å². The fourth-order valence-corrected chi connectivity index (χ4v) is 5.02. The molecule has 176 valence electrons. The molecule has 4 rings (SSSR count). The van der Waals surface area contributed by atoms with Crippen LogP contribution in [0.5, 0.6) is 0 Å². The second kappa shape index (κ2) is 11.5. The second-order valence-corrected chi connectivity index (χ2v) is 9.54. The Balaban J connectivity index is 1.34. The van der Waals surface area contributed by atoms with Crippen LogP contribution in [0.3, 0.4) is 0 Å². The third-order valence-corrected chi connectivity index (χ3v) is 6.98. The largest absolute Gasteiger partial charge is 0.351 e. The van der Waals surface area contributed by atoms with Crippen LogP contribution in [0.25, 0.3) is 0 Å². The van der Waals surface area contributed by atoms with Gasteiger partial charge in [0.1, 0.15) is 6.04 Å². The SMILES string of the molecule is O=C(Nc1ccc(Cl)cc1)N[C@@H](Cc1ccccc1)C(=O)NC1CCN(C2CCCC2)CC1. The highest BCUT2D eigenvalue weighted by Crippen LogP contribution is 2.26. The van der Waals surface area contributed by atoms with Crippen LogP contribution in [-0.4, -0.2) is 48.1 Å². The average molecular weight is 469 g/mol. The molecule has 7 heteroatoms. The van der Waals surface area contributed by atoms with Gasteiger partial charge in [-0.15, -0.1) is 0 Å². The first-order valence-corrected chi connectivity index (χ1v) is 12.4. The Morgan fingerprint density at radius 1 is 0.939 bits per heavy atom. The van der Waals surface area contributed by atoms with Crippen molar-refractivity contribution in [3.8, 4) is 0 Å². The maximum atomic E-state index is 13.2. The van der Waals surface area contributed by atoms with E-state index in [1.165, 1.54) is 25.7 Å². The Bertz CT molecular complexity index is 908. The average Bonchev–Trinajstić information content (AvgIpc) is 3.36. The number of urea groups is 1. The Hall–Kier alpha value is -2.57. The molecular formula is C26H33ClN4O2. The smallest absolute Gasteiger partial charge is 0.319 e. The summed E-state index contributed by atoms with van der Waals surface area (Å²) in [5.74, 6) is -0.135. The van der Waals surface area contributed by atoms with E-state index >= 15 is 0 Å². The van der Waals surface area contributed by atoms with Gasteiger partial charge in [-0.3, -0.25) is 4.79 Å². The van der Waals surface area contributed by atoms with Crippen LogP contribution in [0.15, 0.2) is 54.6 Å². The molecule has 33 heavy (non-hydrogen) atoms. The summed E-state index contributed by atoms with van der Waals surface area (Å²) < 4.78 is 0.